The number of primary sulfonamides is 1. The first kappa shape index (κ1) is 16.8. The van der Waals surface area contributed by atoms with Crippen molar-refractivity contribution in [1.82, 2.24) is 5.32 Å². The molecule has 1 fully saturated rings. The van der Waals surface area contributed by atoms with E-state index in [1.54, 1.807) is 12.1 Å². The van der Waals surface area contributed by atoms with Crippen LogP contribution in [0.3, 0.4) is 0 Å². The van der Waals surface area contributed by atoms with Gasteiger partial charge in [-0.05, 0) is 49.6 Å². The van der Waals surface area contributed by atoms with Gasteiger partial charge in [0.2, 0.25) is 10.0 Å². The highest BCUT2D eigenvalue weighted by molar-refractivity contribution is 7.99. The van der Waals surface area contributed by atoms with E-state index < -0.39 is 10.0 Å². The van der Waals surface area contributed by atoms with Crippen molar-refractivity contribution in [3.63, 3.8) is 0 Å². The van der Waals surface area contributed by atoms with Crippen molar-refractivity contribution < 1.29 is 8.42 Å². The first-order valence-corrected chi connectivity index (χ1v) is 10.00. The van der Waals surface area contributed by atoms with Crippen LogP contribution in [0.5, 0.6) is 0 Å². The van der Waals surface area contributed by atoms with Crippen LogP contribution >= 0.6 is 11.8 Å². The standard InChI is InChI=1S/C15H24N2O2S2/c1-3-20-14-7-6-13(10-14)17-11(2)12-4-8-15(9-5-12)21(16,18)19/h4-5,8-9,11,13-14,17H,3,6-7,10H2,1-2H3,(H2,16,18,19)/t11-,13-,14+/m0/s1. The number of hydrogen-bond acceptors (Lipinski definition) is 4. The summed E-state index contributed by atoms with van der Waals surface area (Å²) < 4.78 is 22.5. The van der Waals surface area contributed by atoms with E-state index >= 15 is 0 Å². The Labute approximate surface area is 131 Å². The number of nitrogens with one attached hydrogen (secondary N) is 1. The fourth-order valence-electron chi connectivity index (χ4n) is 2.87. The molecule has 0 saturated heterocycles. The van der Waals surface area contributed by atoms with E-state index in [1.165, 1.54) is 25.0 Å². The molecule has 1 aromatic rings. The predicted octanol–water partition coefficient (Wildman–Crippen LogP) is 2.66. The van der Waals surface area contributed by atoms with E-state index in [9.17, 15) is 8.42 Å². The Morgan fingerprint density at radius 2 is 2.00 bits per heavy atom. The molecule has 0 unspecified atom stereocenters. The summed E-state index contributed by atoms with van der Waals surface area (Å²) in [5.41, 5.74) is 1.09. The maximum Gasteiger partial charge on any atom is 0.238 e. The van der Waals surface area contributed by atoms with Gasteiger partial charge in [-0.25, -0.2) is 13.6 Å². The van der Waals surface area contributed by atoms with Gasteiger partial charge in [0, 0.05) is 17.3 Å². The van der Waals surface area contributed by atoms with Gasteiger partial charge < -0.3 is 5.32 Å². The largest absolute Gasteiger partial charge is 0.307 e. The summed E-state index contributed by atoms with van der Waals surface area (Å²) in [6.07, 6.45) is 3.72. The number of thioether (sulfide) groups is 1. The SMILES string of the molecule is CCS[C@@H]1CC[C@H](N[C@@H](C)c2ccc(S(N)(=O)=O)cc2)C1. The Balaban J connectivity index is 1.93. The van der Waals surface area contributed by atoms with Crippen molar-refractivity contribution in [2.45, 2.75) is 55.3 Å². The van der Waals surface area contributed by atoms with E-state index in [0.717, 1.165) is 10.8 Å². The summed E-state index contributed by atoms with van der Waals surface area (Å²) in [4.78, 5) is 0.165. The molecule has 1 aliphatic carbocycles. The molecular formula is C15H24N2O2S2. The second kappa shape index (κ2) is 7.13. The molecule has 118 valence electrons. The molecular weight excluding hydrogens is 304 g/mol. The first-order valence-electron chi connectivity index (χ1n) is 7.40. The molecule has 0 heterocycles. The van der Waals surface area contributed by atoms with E-state index in [-0.39, 0.29) is 10.9 Å². The Kier molecular flexibility index (Phi) is 5.71. The van der Waals surface area contributed by atoms with Gasteiger partial charge in [-0.1, -0.05) is 19.1 Å². The van der Waals surface area contributed by atoms with Gasteiger partial charge in [0.15, 0.2) is 0 Å². The van der Waals surface area contributed by atoms with Gasteiger partial charge in [-0.15, -0.1) is 0 Å². The van der Waals surface area contributed by atoms with E-state index in [4.69, 9.17) is 5.14 Å². The molecule has 0 radical (unpaired) electrons. The summed E-state index contributed by atoms with van der Waals surface area (Å²) >= 11 is 2.05. The van der Waals surface area contributed by atoms with Crippen molar-refractivity contribution in [2.75, 3.05) is 5.75 Å². The van der Waals surface area contributed by atoms with Crippen LogP contribution in [0.2, 0.25) is 0 Å². The van der Waals surface area contributed by atoms with Gasteiger partial charge in [0.25, 0.3) is 0 Å². The Hall–Kier alpha value is -0.560. The van der Waals surface area contributed by atoms with Crippen LogP contribution in [0.4, 0.5) is 0 Å². The molecule has 1 aliphatic rings. The molecule has 1 aromatic carbocycles. The zero-order valence-corrected chi connectivity index (χ0v) is 14.2. The zero-order valence-electron chi connectivity index (χ0n) is 12.6. The van der Waals surface area contributed by atoms with Crippen LogP contribution in [0.1, 0.15) is 44.7 Å². The van der Waals surface area contributed by atoms with Gasteiger partial charge in [0.05, 0.1) is 4.90 Å². The van der Waals surface area contributed by atoms with E-state index in [1.807, 2.05) is 23.9 Å². The van der Waals surface area contributed by atoms with Crippen LogP contribution < -0.4 is 10.5 Å². The summed E-state index contributed by atoms with van der Waals surface area (Å²) in [5.74, 6) is 1.18. The minimum absolute atomic E-state index is 0.165. The Bertz CT molecular complexity index is 558. The maximum atomic E-state index is 11.3. The molecule has 0 amide bonds. The predicted molar refractivity (Wildman–Crippen MR) is 88.9 cm³/mol. The summed E-state index contributed by atoms with van der Waals surface area (Å²) in [5, 5.41) is 9.54. The molecule has 4 nitrogen and oxygen atoms in total. The Morgan fingerprint density at radius 3 is 2.57 bits per heavy atom. The van der Waals surface area contributed by atoms with Crippen LogP contribution in [0.15, 0.2) is 29.2 Å². The molecule has 0 aromatic heterocycles. The summed E-state index contributed by atoms with van der Waals surface area (Å²) in [6, 6.07) is 7.60. The van der Waals surface area contributed by atoms with Crippen LogP contribution in [0.25, 0.3) is 0 Å². The van der Waals surface area contributed by atoms with E-state index in [2.05, 4.69) is 19.2 Å². The second-order valence-electron chi connectivity index (χ2n) is 5.59. The molecule has 0 bridgehead atoms. The minimum atomic E-state index is -3.60. The number of rotatable bonds is 6. The summed E-state index contributed by atoms with van der Waals surface area (Å²) in [6.45, 7) is 4.33. The lowest BCUT2D eigenvalue weighted by Crippen LogP contribution is -2.29. The van der Waals surface area contributed by atoms with Crippen molar-refractivity contribution in [3.8, 4) is 0 Å². The van der Waals surface area contributed by atoms with Crippen LogP contribution in [-0.2, 0) is 10.0 Å². The average Bonchev–Trinajstić information content (AvgIpc) is 2.86. The molecule has 3 atom stereocenters. The molecule has 0 spiro atoms. The van der Waals surface area contributed by atoms with Crippen molar-refractivity contribution in [1.29, 1.82) is 0 Å². The molecule has 21 heavy (non-hydrogen) atoms. The quantitative estimate of drug-likeness (QED) is 0.842. The smallest absolute Gasteiger partial charge is 0.238 e. The third-order valence-corrected chi connectivity index (χ3v) is 6.14. The lowest BCUT2D eigenvalue weighted by atomic mass is 10.1. The lowest BCUT2D eigenvalue weighted by Gasteiger charge is -2.20. The number of hydrogen-bond donors (Lipinski definition) is 2. The highest BCUT2D eigenvalue weighted by atomic mass is 32.2. The van der Waals surface area contributed by atoms with Gasteiger partial charge in [0.1, 0.15) is 0 Å². The summed E-state index contributed by atoms with van der Waals surface area (Å²) in [7, 11) is -3.60. The molecule has 0 aliphatic heterocycles. The topological polar surface area (TPSA) is 72.2 Å². The molecule has 2 rings (SSSR count). The van der Waals surface area contributed by atoms with Gasteiger partial charge in [-0.3, -0.25) is 0 Å². The van der Waals surface area contributed by atoms with Crippen molar-refractivity contribution >= 4 is 21.8 Å². The lowest BCUT2D eigenvalue weighted by molar-refractivity contribution is 0.462. The zero-order chi connectivity index (χ0) is 15.5. The van der Waals surface area contributed by atoms with Gasteiger partial charge in [-0.2, -0.15) is 11.8 Å². The number of nitrogens with two attached hydrogens (primary N) is 1. The monoisotopic (exact) mass is 328 g/mol. The molecule has 1 saturated carbocycles. The maximum absolute atomic E-state index is 11.3. The third-order valence-electron chi connectivity index (χ3n) is 3.98. The number of sulfonamides is 1. The first-order chi connectivity index (χ1) is 9.90. The normalized spacial score (nSPS) is 24.1. The second-order valence-corrected chi connectivity index (χ2v) is 8.73. The molecule has 6 heteroatoms. The third kappa shape index (κ3) is 4.71. The van der Waals surface area contributed by atoms with Crippen molar-refractivity contribution in [3.05, 3.63) is 29.8 Å². The molecule has 3 N–H and O–H groups in total. The highest BCUT2D eigenvalue weighted by Gasteiger charge is 2.25. The highest BCUT2D eigenvalue weighted by Crippen LogP contribution is 2.31. The van der Waals surface area contributed by atoms with Crippen LogP contribution in [-0.4, -0.2) is 25.5 Å². The fraction of sp³-hybridized carbons (Fsp3) is 0.600. The number of benzene rings is 1. The van der Waals surface area contributed by atoms with Crippen LogP contribution in [0, 0.1) is 0 Å². The average molecular weight is 329 g/mol. The van der Waals surface area contributed by atoms with Crippen molar-refractivity contribution in [2.24, 2.45) is 5.14 Å². The van der Waals surface area contributed by atoms with E-state index in [0.29, 0.717) is 6.04 Å². The minimum Gasteiger partial charge on any atom is -0.307 e. The Morgan fingerprint density at radius 1 is 1.33 bits per heavy atom. The van der Waals surface area contributed by atoms with Gasteiger partial charge >= 0.3 is 0 Å². The fourth-order valence-corrected chi connectivity index (χ4v) is 4.53.